The van der Waals surface area contributed by atoms with Crippen LogP contribution in [-0.2, 0) is 9.53 Å². The van der Waals surface area contributed by atoms with Gasteiger partial charge in [-0.05, 0) is 19.8 Å². The van der Waals surface area contributed by atoms with Gasteiger partial charge in [0.2, 0.25) is 0 Å². The van der Waals surface area contributed by atoms with E-state index in [1.165, 1.54) is 0 Å². The fraction of sp³-hybridized carbons (Fsp3) is 0.818. The maximum Gasteiger partial charge on any atom is 0.326 e. The first-order chi connectivity index (χ1) is 7.88. The van der Waals surface area contributed by atoms with Gasteiger partial charge in [0.1, 0.15) is 6.04 Å². The van der Waals surface area contributed by atoms with Crippen LogP contribution in [0.5, 0.6) is 0 Å². The molecule has 0 rings (SSSR count). The molecule has 0 radical (unpaired) electrons. The van der Waals surface area contributed by atoms with E-state index in [0.717, 1.165) is 0 Å². The molecule has 0 heterocycles. The van der Waals surface area contributed by atoms with Crippen LogP contribution in [0.15, 0.2) is 0 Å². The summed E-state index contributed by atoms with van der Waals surface area (Å²) in [7, 11) is 0. The van der Waals surface area contributed by atoms with Crippen molar-refractivity contribution in [2.45, 2.75) is 39.8 Å². The number of carboxylic acids is 1. The van der Waals surface area contributed by atoms with Crippen molar-refractivity contribution in [3.8, 4) is 0 Å². The monoisotopic (exact) mass is 246 g/mol. The second kappa shape index (κ2) is 7.89. The molecular weight excluding hydrogens is 224 g/mol. The highest BCUT2D eigenvalue weighted by Crippen LogP contribution is 2.01. The van der Waals surface area contributed by atoms with Crippen LogP contribution in [0.1, 0.15) is 27.7 Å². The lowest BCUT2D eigenvalue weighted by molar-refractivity contribution is -0.140. The largest absolute Gasteiger partial charge is 0.480 e. The molecule has 2 unspecified atom stereocenters. The zero-order valence-corrected chi connectivity index (χ0v) is 10.8. The highest BCUT2D eigenvalue weighted by Gasteiger charge is 2.23. The number of aliphatic carboxylic acids is 1. The lowest BCUT2D eigenvalue weighted by Crippen LogP contribution is -2.51. The van der Waals surface area contributed by atoms with Gasteiger partial charge in [0.15, 0.2) is 0 Å². The van der Waals surface area contributed by atoms with Gasteiger partial charge in [0.05, 0.1) is 12.6 Å². The van der Waals surface area contributed by atoms with Gasteiger partial charge in [0.25, 0.3) is 0 Å². The SMILES string of the molecule is CCOCC(C)NC(=O)NC(C(=O)O)C(C)C. The summed E-state index contributed by atoms with van der Waals surface area (Å²) in [6, 6.07) is -1.52. The van der Waals surface area contributed by atoms with Crippen molar-refractivity contribution in [2.75, 3.05) is 13.2 Å². The van der Waals surface area contributed by atoms with E-state index in [0.29, 0.717) is 13.2 Å². The Morgan fingerprint density at radius 3 is 2.24 bits per heavy atom. The molecule has 2 atom stereocenters. The maximum atomic E-state index is 11.5. The Morgan fingerprint density at radius 2 is 1.82 bits per heavy atom. The van der Waals surface area contributed by atoms with Crippen LogP contribution in [0.25, 0.3) is 0 Å². The molecule has 0 aliphatic rings. The second-order valence-corrected chi connectivity index (χ2v) is 4.24. The standard InChI is InChI=1S/C11H22N2O4/c1-5-17-6-8(4)12-11(16)13-9(7(2)3)10(14)15/h7-9H,5-6H2,1-4H3,(H,14,15)(H2,12,13,16). The summed E-state index contributed by atoms with van der Waals surface area (Å²) in [5, 5.41) is 13.9. The van der Waals surface area contributed by atoms with Gasteiger partial charge in [-0.15, -0.1) is 0 Å². The Morgan fingerprint density at radius 1 is 1.24 bits per heavy atom. The van der Waals surface area contributed by atoms with Crippen LogP contribution in [0.2, 0.25) is 0 Å². The van der Waals surface area contributed by atoms with Crippen LogP contribution in [0.4, 0.5) is 4.79 Å². The molecule has 0 aromatic carbocycles. The highest BCUT2D eigenvalue weighted by molar-refractivity contribution is 5.82. The smallest absolute Gasteiger partial charge is 0.326 e. The Bertz CT molecular complexity index is 256. The van der Waals surface area contributed by atoms with E-state index in [-0.39, 0.29) is 12.0 Å². The van der Waals surface area contributed by atoms with Crippen molar-refractivity contribution in [3.63, 3.8) is 0 Å². The number of carbonyl (C=O) groups excluding carboxylic acids is 1. The summed E-state index contributed by atoms with van der Waals surface area (Å²) in [5.41, 5.74) is 0. The lowest BCUT2D eigenvalue weighted by atomic mass is 10.1. The number of hydrogen-bond donors (Lipinski definition) is 3. The summed E-state index contributed by atoms with van der Waals surface area (Å²) in [4.78, 5) is 22.4. The number of hydrogen-bond acceptors (Lipinski definition) is 3. The fourth-order valence-electron chi connectivity index (χ4n) is 1.26. The number of rotatable bonds is 7. The van der Waals surface area contributed by atoms with Gasteiger partial charge in [-0.1, -0.05) is 13.8 Å². The molecule has 0 aliphatic heterocycles. The number of amides is 2. The molecular formula is C11H22N2O4. The first-order valence-corrected chi connectivity index (χ1v) is 5.76. The number of carbonyl (C=O) groups is 2. The zero-order valence-electron chi connectivity index (χ0n) is 10.8. The molecule has 0 spiro atoms. The molecule has 0 saturated carbocycles. The van der Waals surface area contributed by atoms with Crippen molar-refractivity contribution in [1.29, 1.82) is 0 Å². The first kappa shape index (κ1) is 15.7. The van der Waals surface area contributed by atoms with Crippen LogP contribution >= 0.6 is 0 Å². The van der Waals surface area contributed by atoms with Gasteiger partial charge in [-0.3, -0.25) is 0 Å². The van der Waals surface area contributed by atoms with Crippen LogP contribution in [-0.4, -0.2) is 42.4 Å². The minimum absolute atomic E-state index is 0.156. The van der Waals surface area contributed by atoms with E-state index >= 15 is 0 Å². The quantitative estimate of drug-likeness (QED) is 0.620. The van der Waals surface area contributed by atoms with Crippen molar-refractivity contribution in [1.82, 2.24) is 10.6 Å². The summed E-state index contributed by atoms with van der Waals surface area (Å²) in [6.45, 7) is 8.12. The lowest BCUT2D eigenvalue weighted by Gasteiger charge is -2.20. The first-order valence-electron chi connectivity index (χ1n) is 5.76. The number of ether oxygens (including phenoxy) is 1. The van der Waals surface area contributed by atoms with Gasteiger partial charge >= 0.3 is 12.0 Å². The van der Waals surface area contributed by atoms with E-state index < -0.39 is 18.0 Å². The van der Waals surface area contributed by atoms with Gasteiger partial charge in [0, 0.05) is 6.61 Å². The third-order valence-corrected chi connectivity index (χ3v) is 2.17. The Labute approximate surface area is 102 Å². The molecule has 100 valence electrons. The Hall–Kier alpha value is -1.30. The molecule has 2 amide bonds. The minimum atomic E-state index is -1.03. The second-order valence-electron chi connectivity index (χ2n) is 4.24. The van der Waals surface area contributed by atoms with E-state index in [4.69, 9.17) is 9.84 Å². The molecule has 0 saturated heterocycles. The molecule has 6 heteroatoms. The van der Waals surface area contributed by atoms with Crippen LogP contribution < -0.4 is 10.6 Å². The fourth-order valence-corrected chi connectivity index (χ4v) is 1.26. The highest BCUT2D eigenvalue weighted by atomic mass is 16.5. The number of nitrogens with one attached hydrogen (secondary N) is 2. The van der Waals surface area contributed by atoms with Gasteiger partial charge in [-0.2, -0.15) is 0 Å². The van der Waals surface area contributed by atoms with E-state index in [9.17, 15) is 9.59 Å². The summed E-state index contributed by atoms with van der Waals surface area (Å²) in [6.07, 6.45) is 0. The molecule has 0 aromatic rings. The predicted molar refractivity (Wildman–Crippen MR) is 63.9 cm³/mol. The van der Waals surface area contributed by atoms with Gasteiger partial charge < -0.3 is 20.5 Å². The molecule has 6 nitrogen and oxygen atoms in total. The van der Waals surface area contributed by atoms with E-state index in [1.807, 2.05) is 6.92 Å². The topological polar surface area (TPSA) is 87.7 Å². The zero-order chi connectivity index (χ0) is 13.4. The molecule has 0 aromatic heterocycles. The third kappa shape index (κ3) is 6.78. The Balaban J connectivity index is 4.10. The van der Waals surface area contributed by atoms with Crippen LogP contribution in [0.3, 0.4) is 0 Å². The summed E-state index contributed by atoms with van der Waals surface area (Å²) < 4.78 is 5.14. The van der Waals surface area contributed by atoms with Gasteiger partial charge in [-0.25, -0.2) is 9.59 Å². The summed E-state index contributed by atoms with van der Waals surface area (Å²) in [5.74, 6) is -1.20. The average Bonchev–Trinajstić information content (AvgIpc) is 2.22. The summed E-state index contributed by atoms with van der Waals surface area (Å²) >= 11 is 0. The molecule has 0 bridgehead atoms. The number of carboxylic acid groups (broad SMARTS) is 1. The van der Waals surface area contributed by atoms with Crippen molar-refractivity contribution >= 4 is 12.0 Å². The third-order valence-electron chi connectivity index (χ3n) is 2.17. The Kier molecular flexibility index (Phi) is 7.29. The average molecular weight is 246 g/mol. The van der Waals surface area contributed by atoms with Crippen molar-refractivity contribution < 1.29 is 19.4 Å². The van der Waals surface area contributed by atoms with Crippen molar-refractivity contribution in [2.24, 2.45) is 5.92 Å². The molecule has 0 aliphatic carbocycles. The molecule has 0 fully saturated rings. The van der Waals surface area contributed by atoms with E-state index in [1.54, 1.807) is 20.8 Å². The van der Waals surface area contributed by atoms with Crippen molar-refractivity contribution in [3.05, 3.63) is 0 Å². The normalized spacial score (nSPS) is 14.2. The predicted octanol–water partition coefficient (Wildman–Crippen LogP) is 0.820. The van der Waals surface area contributed by atoms with Crippen LogP contribution in [0, 0.1) is 5.92 Å². The molecule has 3 N–H and O–H groups in total. The maximum absolute atomic E-state index is 11.5. The number of urea groups is 1. The molecule has 17 heavy (non-hydrogen) atoms. The minimum Gasteiger partial charge on any atom is -0.480 e. The van der Waals surface area contributed by atoms with E-state index in [2.05, 4.69) is 10.6 Å².